The summed E-state index contributed by atoms with van der Waals surface area (Å²) < 4.78 is 5.41. The van der Waals surface area contributed by atoms with Crippen LogP contribution < -0.4 is 10.1 Å². The van der Waals surface area contributed by atoms with Gasteiger partial charge in [-0.2, -0.15) is 5.26 Å². The lowest BCUT2D eigenvalue weighted by Gasteiger charge is -2.09. The first-order valence-corrected chi connectivity index (χ1v) is 9.04. The number of fused-ring (bicyclic) bond motifs is 1. The molecule has 25 heavy (non-hydrogen) atoms. The van der Waals surface area contributed by atoms with E-state index in [0.717, 1.165) is 31.2 Å². The van der Waals surface area contributed by atoms with Crippen LogP contribution in [0.5, 0.6) is 5.75 Å². The Morgan fingerprint density at radius 1 is 1.40 bits per heavy atom. The Balaban J connectivity index is 1.66. The Kier molecular flexibility index (Phi) is 5.37. The van der Waals surface area contributed by atoms with Crippen molar-refractivity contribution in [3.8, 4) is 11.8 Å². The van der Waals surface area contributed by atoms with Crippen LogP contribution in [0, 0.1) is 11.3 Å². The molecule has 1 aromatic carbocycles. The number of amides is 1. The summed E-state index contributed by atoms with van der Waals surface area (Å²) in [4.78, 5) is 24.0. The first kappa shape index (κ1) is 17.5. The summed E-state index contributed by atoms with van der Waals surface area (Å²) in [5.41, 5.74) is 2.08. The zero-order valence-electron chi connectivity index (χ0n) is 13.3. The molecule has 1 amide bonds. The molecule has 0 fully saturated rings. The zero-order valence-corrected chi connectivity index (χ0v) is 14.9. The first-order valence-electron chi connectivity index (χ1n) is 7.84. The first-order chi connectivity index (χ1) is 12.1. The minimum absolute atomic E-state index is 0.229. The topological polar surface area (TPSA) is 79.2 Å². The van der Waals surface area contributed by atoms with Crippen molar-refractivity contribution >= 4 is 40.1 Å². The van der Waals surface area contributed by atoms with E-state index in [9.17, 15) is 14.9 Å². The summed E-state index contributed by atoms with van der Waals surface area (Å²) in [5.74, 6) is -0.0287. The van der Waals surface area contributed by atoms with Gasteiger partial charge in [0.2, 0.25) is 0 Å². The van der Waals surface area contributed by atoms with E-state index in [-0.39, 0.29) is 17.5 Å². The number of halogens is 1. The van der Waals surface area contributed by atoms with Gasteiger partial charge in [0.15, 0.2) is 6.61 Å². The third kappa shape index (κ3) is 3.84. The van der Waals surface area contributed by atoms with Crippen LogP contribution >= 0.6 is 22.9 Å². The second kappa shape index (κ2) is 7.68. The van der Waals surface area contributed by atoms with E-state index < -0.39 is 0 Å². The van der Waals surface area contributed by atoms with Gasteiger partial charge in [-0.25, -0.2) is 0 Å². The summed E-state index contributed by atoms with van der Waals surface area (Å²) in [5, 5.41) is 13.0. The van der Waals surface area contributed by atoms with Crippen molar-refractivity contribution in [3.05, 3.63) is 44.8 Å². The lowest BCUT2D eigenvalue weighted by molar-refractivity contribution is -0.118. The van der Waals surface area contributed by atoms with Crippen LogP contribution in [0.4, 0.5) is 5.00 Å². The predicted molar refractivity (Wildman–Crippen MR) is 96.6 cm³/mol. The van der Waals surface area contributed by atoms with E-state index >= 15 is 0 Å². The van der Waals surface area contributed by atoms with E-state index in [4.69, 9.17) is 16.3 Å². The molecule has 0 spiro atoms. The summed E-state index contributed by atoms with van der Waals surface area (Å²) in [6.07, 6.45) is 4.72. The molecule has 0 radical (unpaired) electrons. The number of nitrogens with one attached hydrogen (secondary N) is 1. The number of hydrogen-bond donors (Lipinski definition) is 1. The summed E-state index contributed by atoms with van der Waals surface area (Å²) in [6, 6.07) is 6.79. The van der Waals surface area contributed by atoms with Crippen molar-refractivity contribution in [1.82, 2.24) is 0 Å². The van der Waals surface area contributed by atoms with Crippen LogP contribution in [0.25, 0.3) is 0 Å². The van der Waals surface area contributed by atoms with Crippen LogP contribution in [-0.2, 0) is 17.6 Å². The highest BCUT2D eigenvalue weighted by molar-refractivity contribution is 7.16. The molecule has 0 atom stereocenters. The third-order valence-corrected chi connectivity index (χ3v) is 5.49. The lowest BCUT2D eigenvalue weighted by Crippen LogP contribution is -2.20. The van der Waals surface area contributed by atoms with Crippen LogP contribution in [0.2, 0.25) is 5.02 Å². The van der Waals surface area contributed by atoms with Gasteiger partial charge in [0.1, 0.15) is 23.1 Å². The maximum atomic E-state index is 12.2. The van der Waals surface area contributed by atoms with Crippen molar-refractivity contribution in [1.29, 1.82) is 5.26 Å². The van der Waals surface area contributed by atoms with Crippen molar-refractivity contribution in [2.24, 2.45) is 0 Å². The largest absolute Gasteiger partial charge is 0.482 e. The number of hydrogen-bond acceptors (Lipinski definition) is 5. The third-order valence-electron chi connectivity index (χ3n) is 3.99. The zero-order chi connectivity index (χ0) is 17.8. The summed E-state index contributed by atoms with van der Waals surface area (Å²) in [6.45, 7) is -0.229. The number of carbonyl (C=O) groups is 2. The van der Waals surface area contributed by atoms with Gasteiger partial charge in [0.25, 0.3) is 5.91 Å². The summed E-state index contributed by atoms with van der Waals surface area (Å²) in [7, 11) is 0. The Bertz CT molecular complexity index is 870. The van der Waals surface area contributed by atoms with Gasteiger partial charge in [-0.05, 0) is 49.4 Å². The molecule has 0 bridgehead atoms. The molecule has 0 aliphatic heterocycles. The molecule has 1 heterocycles. The average Bonchev–Trinajstić information content (AvgIpc) is 2.97. The van der Waals surface area contributed by atoms with Crippen LogP contribution in [0.15, 0.2) is 18.2 Å². The van der Waals surface area contributed by atoms with E-state index in [1.54, 1.807) is 12.1 Å². The van der Waals surface area contributed by atoms with Crippen LogP contribution in [-0.4, -0.2) is 18.8 Å². The van der Waals surface area contributed by atoms with Gasteiger partial charge in [0.05, 0.1) is 10.6 Å². The highest BCUT2D eigenvalue weighted by Crippen LogP contribution is 2.37. The smallest absolute Gasteiger partial charge is 0.262 e. The number of nitriles is 1. The Labute approximate surface area is 154 Å². The number of ether oxygens (including phenoxy) is 1. The maximum Gasteiger partial charge on any atom is 0.262 e. The molecular formula is C18H15ClN2O3S. The fourth-order valence-electron chi connectivity index (χ4n) is 2.79. The van der Waals surface area contributed by atoms with Gasteiger partial charge in [0, 0.05) is 10.4 Å². The highest BCUT2D eigenvalue weighted by Gasteiger charge is 2.21. The molecule has 2 aromatic rings. The number of carbonyl (C=O) groups excluding carboxylic acids is 2. The van der Waals surface area contributed by atoms with Crippen LogP contribution in [0.3, 0.4) is 0 Å². The minimum atomic E-state index is -0.356. The molecule has 7 heteroatoms. The fraction of sp³-hybridized carbons (Fsp3) is 0.278. The van der Waals surface area contributed by atoms with Gasteiger partial charge >= 0.3 is 0 Å². The van der Waals surface area contributed by atoms with Crippen molar-refractivity contribution in [2.45, 2.75) is 25.7 Å². The molecule has 1 aromatic heterocycles. The van der Waals surface area contributed by atoms with E-state index in [2.05, 4.69) is 11.4 Å². The van der Waals surface area contributed by atoms with Crippen molar-refractivity contribution < 1.29 is 14.3 Å². The highest BCUT2D eigenvalue weighted by atomic mass is 35.5. The normalized spacial score (nSPS) is 12.8. The molecular weight excluding hydrogens is 360 g/mol. The summed E-state index contributed by atoms with van der Waals surface area (Å²) >= 11 is 7.48. The Morgan fingerprint density at radius 2 is 2.20 bits per heavy atom. The van der Waals surface area contributed by atoms with Crippen LogP contribution in [0.1, 0.15) is 39.2 Å². The predicted octanol–water partition coefficient (Wildman–Crippen LogP) is 3.98. The number of aldehydes is 1. The number of thiophene rings is 1. The molecule has 5 nitrogen and oxygen atoms in total. The number of nitrogens with zero attached hydrogens (tertiary/aromatic N) is 1. The molecule has 0 saturated heterocycles. The van der Waals surface area contributed by atoms with E-state index in [1.807, 2.05) is 0 Å². The number of benzene rings is 1. The quantitative estimate of drug-likeness (QED) is 0.803. The average molecular weight is 375 g/mol. The second-order valence-corrected chi connectivity index (χ2v) is 7.18. The van der Waals surface area contributed by atoms with Gasteiger partial charge in [-0.3, -0.25) is 9.59 Å². The standard InChI is InChI=1S/C18H15ClN2O3S/c19-14-7-11(9-22)5-6-15(14)24-10-17(23)21-18-13(8-20)12-3-1-2-4-16(12)25-18/h5-7,9H,1-4,10H2,(H,21,23). The SMILES string of the molecule is N#Cc1c(NC(=O)COc2ccc(C=O)cc2Cl)sc2c1CCCC2. The van der Waals surface area contributed by atoms with E-state index in [1.165, 1.54) is 22.3 Å². The number of rotatable bonds is 5. The molecule has 0 saturated carbocycles. The van der Waals surface area contributed by atoms with Gasteiger partial charge < -0.3 is 10.1 Å². The number of anilines is 1. The van der Waals surface area contributed by atoms with Crippen molar-refractivity contribution in [3.63, 3.8) is 0 Å². The molecule has 1 N–H and O–H groups in total. The lowest BCUT2D eigenvalue weighted by atomic mass is 9.96. The fourth-order valence-corrected chi connectivity index (χ4v) is 4.29. The molecule has 128 valence electrons. The monoisotopic (exact) mass is 374 g/mol. The Morgan fingerprint density at radius 3 is 2.92 bits per heavy atom. The molecule has 1 aliphatic rings. The number of aryl methyl sites for hydroxylation is 1. The Hall–Kier alpha value is -2.36. The maximum absolute atomic E-state index is 12.2. The minimum Gasteiger partial charge on any atom is -0.482 e. The molecule has 1 aliphatic carbocycles. The van der Waals surface area contributed by atoms with E-state index in [0.29, 0.717) is 28.2 Å². The molecule has 0 unspecified atom stereocenters. The van der Waals surface area contributed by atoms with Crippen molar-refractivity contribution in [2.75, 3.05) is 11.9 Å². The molecule has 3 rings (SSSR count). The van der Waals surface area contributed by atoms with Gasteiger partial charge in [-0.1, -0.05) is 11.6 Å². The van der Waals surface area contributed by atoms with Gasteiger partial charge in [-0.15, -0.1) is 11.3 Å². The second-order valence-electron chi connectivity index (χ2n) is 5.67.